The van der Waals surface area contributed by atoms with E-state index < -0.39 is 0 Å². The predicted octanol–water partition coefficient (Wildman–Crippen LogP) is 4.65. The van der Waals surface area contributed by atoms with Crippen LogP contribution in [0.3, 0.4) is 0 Å². The van der Waals surface area contributed by atoms with Crippen molar-refractivity contribution >= 4 is 5.91 Å². The maximum atomic E-state index is 13.5. The molecule has 1 amide bonds. The summed E-state index contributed by atoms with van der Waals surface area (Å²) < 4.78 is 12.6. The predicted molar refractivity (Wildman–Crippen MR) is 142 cm³/mol. The van der Waals surface area contributed by atoms with E-state index >= 15 is 0 Å². The Hall–Kier alpha value is -4.10. The second kappa shape index (κ2) is 11.6. The molecular weight excluding hydrogens is 452 g/mol. The van der Waals surface area contributed by atoms with Crippen molar-refractivity contribution in [3.8, 4) is 22.8 Å². The van der Waals surface area contributed by atoms with Gasteiger partial charge < -0.3 is 19.7 Å². The molecule has 0 spiro atoms. The first-order valence-corrected chi connectivity index (χ1v) is 11.8. The molecule has 4 aromatic rings. The number of hydrogen-bond acceptors (Lipinski definition) is 5. The van der Waals surface area contributed by atoms with Crippen LogP contribution in [-0.4, -0.2) is 55.4 Å². The number of ether oxygens (including phenoxy) is 2. The van der Waals surface area contributed by atoms with Crippen molar-refractivity contribution in [1.29, 1.82) is 0 Å². The van der Waals surface area contributed by atoms with E-state index in [1.807, 2.05) is 104 Å². The Morgan fingerprint density at radius 1 is 0.944 bits per heavy atom. The Morgan fingerprint density at radius 3 is 2.33 bits per heavy atom. The molecular formula is C29H32N4O3. The summed E-state index contributed by atoms with van der Waals surface area (Å²) >= 11 is 0. The fourth-order valence-electron chi connectivity index (χ4n) is 4.15. The number of likely N-dealkylation sites (N-methyl/N-ethyl adjacent to an activating group) is 1. The van der Waals surface area contributed by atoms with E-state index in [9.17, 15) is 4.79 Å². The van der Waals surface area contributed by atoms with Crippen LogP contribution >= 0.6 is 0 Å². The summed E-state index contributed by atoms with van der Waals surface area (Å²) in [5, 5.41) is 7.91. The van der Waals surface area contributed by atoms with Gasteiger partial charge in [0.2, 0.25) is 0 Å². The minimum Gasteiger partial charge on any atom is -0.497 e. The molecule has 0 aliphatic rings. The zero-order chi connectivity index (χ0) is 25.5. The number of carbonyl (C=O) groups excluding carboxylic acids is 1. The van der Waals surface area contributed by atoms with Crippen LogP contribution < -0.4 is 14.8 Å². The molecule has 0 saturated carbocycles. The standard InChI is InChI=1S/C29H32N4O3/c1-32(2)27(22-12-8-14-24(16-22)35-3)18-30-29(34)26-20-33(19-21-10-6-5-7-11-21)31-28(26)23-13-9-15-25(17-23)36-4/h5-17,20,27H,18-19H2,1-4H3,(H,30,34)/t27-/m0/s1. The van der Waals surface area contributed by atoms with Crippen molar-refractivity contribution in [2.24, 2.45) is 0 Å². The van der Waals surface area contributed by atoms with Crippen LogP contribution in [0.5, 0.6) is 11.5 Å². The highest BCUT2D eigenvalue weighted by atomic mass is 16.5. The van der Waals surface area contributed by atoms with Crippen LogP contribution in [0.25, 0.3) is 11.3 Å². The maximum absolute atomic E-state index is 13.5. The number of carbonyl (C=O) groups is 1. The molecule has 0 radical (unpaired) electrons. The van der Waals surface area contributed by atoms with Crippen molar-refractivity contribution in [1.82, 2.24) is 20.0 Å². The molecule has 1 N–H and O–H groups in total. The first-order valence-electron chi connectivity index (χ1n) is 11.8. The van der Waals surface area contributed by atoms with Crippen LogP contribution in [0.1, 0.15) is 27.5 Å². The summed E-state index contributed by atoms with van der Waals surface area (Å²) in [5.41, 5.74) is 4.12. The first-order chi connectivity index (χ1) is 17.5. The molecule has 186 valence electrons. The van der Waals surface area contributed by atoms with Crippen LogP contribution in [0.2, 0.25) is 0 Å². The fraction of sp³-hybridized carbons (Fsp3) is 0.241. The summed E-state index contributed by atoms with van der Waals surface area (Å²) in [6.45, 7) is 0.996. The Balaban J connectivity index is 1.62. The van der Waals surface area contributed by atoms with Crippen LogP contribution in [0.4, 0.5) is 0 Å². The average molecular weight is 485 g/mol. The number of aromatic nitrogens is 2. The van der Waals surface area contributed by atoms with E-state index in [0.717, 1.165) is 22.4 Å². The largest absolute Gasteiger partial charge is 0.497 e. The molecule has 0 aliphatic heterocycles. The van der Waals surface area contributed by atoms with Crippen molar-refractivity contribution in [3.05, 3.63) is 102 Å². The second-order valence-corrected chi connectivity index (χ2v) is 8.77. The van der Waals surface area contributed by atoms with Gasteiger partial charge in [0.15, 0.2) is 0 Å². The molecule has 0 fully saturated rings. The Morgan fingerprint density at radius 2 is 1.64 bits per heavy atom. The van der Waals surface area contributed by atoms with Gasteiger partial charge >= 0.3 is 0 Å². The lowest BCUT2D eigenvalue weighted by atomic mass is 10.0. The molecule has 0 saturated heterocycles. The number of rotatable bonds is 10. The normalized spacial score (nSPS) is 11.8. The molecule has 0 unspecified atom stereocenters. The van der Waals surface area contributed by atoms with Gasteiger partial charge in [0.25, 0.3) is 5.91 Å². The molecule has 1 aromatic heterocycles. The molecule has 0 aliphatic carbocycles. The minimum atomic E-state index is -0.179. The van der Waals surface area contributed by atoms with Gasteiger partial charge in [0.05, 0.1) is 32.4 Å². The van der Waals surface area contributed by atoms with Crippen LogP contribution in [0.15, 0.2) is 85.1 Å². The Labute approximate surface area is 212 Å². The highest BCUT2D eigenvalue weighted by molar-refractivity contribution is 5.99. The smallest absolute Gasteiger partial charge is 0.255 e. The lowest BCUT2D eigenvalue weighted by Crippen LogP contribution is -2.34. The monoisotopic (exact) mass is 484 g/mol. The summed E-state index contributed by atoms with van der Waals surface area (Å²) in [6.07, 6.45) is 1.81. The summed E-state index contributed by atoms with van der Waals surface area (Å²) in [6, 6.07) is 25.6. The number of hydrogen-bond donors (Lipinski definition) is 1. The number of methoxy groups -OCH3 is 2. The quantitative estimate of drug-likeness (QED) is 0.355. The lowest BCUT2D eigenvalue weighted by Gasteiger charge is -2.25. The van der Waals surface area contributed by atoms with Gasteiger partial charge in [-0.2, -0.15) is 5.10 Å². The molecule has 36 heavy (non-hydrogen) atoms. The highest BCUT2D eigenvalue weighted by Gasteiger charge is 2.21. The molecule has 7 heteroatoms. The van der Waals surface area contributed by atoms with Crippen molar-refractivity contribution in [2.75, 3.05) is 34.9 Å². The third-order valence-electron chi connectivity index (χ3n) is 6.09. The number of benzene rings is 3. The summed E-state index contributed by atoms with van der Waals surface area (Å²) in [7, 11) is 7.27. The van der Waals surface area contributed by atoms with Gasteiger partial charge in [0.1, 0.15) is 17.2 Å². The zero-order valence-electron chi connectivity index (χ0n) is 21.1. The average Bonchev–Trinajstić information content (AvgIpc) is 3.33. The third kappa shape index (κ3) is 5.93. The minimum absolute atomic E-state index is 0.0244. The van der Waals surface area contributed by atoms with Gasteiger partial charge in [-0.3, -0.25) is 9.48 Å². The van der Waals surface area contributed by atoms with Crippen LogP contribution in [0, 0.1) is 0 Å². The van der Waals surface area contributed by atoms with Gasteiger partial charge in [-0.1, -0.05) is 54.6 Å². The van der Waals surface area contributed by atoms with Crippen molar-refractivity contribution in [3.63, 3.8) is 0 Å². The summed E-state index contributed by atoms with van der Waals surface area (Å²) in [5.74, 6) is 1.32. The van der Waals surface area contributed by atoms with E-state index in [-0.39, 0.29) is 11.9 Å². The van der Waals surface area contributed by atoms with E-state index in [0.29, 0.717) is 30.1 Å². The van der Waals surface area contributed by atoms with Gasteiger partial charge in [-0.05, 0) is 49.5 Å². The number of amides is 1. The van der Waals surface area contributed by atoms with Gasteiger partial charge in [-0.15, -0.1) is 0 Å². The number of nitrogens with one attached hydrogen (secondary N) is 1. The van der Waals surface area contributed by atoms with Crippen LogP contribution in [-0.2, 0) is 6.54 Å². The van der Waals surface area contributed by atoms with E-state index in [1.54, 1.807) is 14.2 Å². The molecule has 3 aromatic carbocycles. The van der Waals surface area contributed by atoms with E-state index in [4.69, 9.17) is 14.6 Å². The molecule has 1 atom stereocenters. The second-order valence-electron chi connectivity index (χ2n) is 8.77. The van der Waals surface area contributed by atoms with Gasteiger partial charge in [-0.25, -0.2) is 0 Å². The highest BCUT2D eigenvalue weighted by Crippen LogP contribution is 2.27. The van der Waals surface area contributed by atoms with Crippen molar-refractivity contribution < 1.29 is 14.3 Å². The van der Waals surface area contributed by atoms with Gasteiger partial charge in [0, 0.05) is 18.3 Å². The first kappa shape index (κ1) is 25.0. The molecule has 0 bridgehead atoms. The Bertz CT molecular complexity index is 1300. The fourth-order valence-corrected chi connectivity index (χ4v) is 4.15. The Kier molecular flexibility index (Phi) is 8.02. The molecule has 1 heterocycles. The topological polar surface area (TPSA) is 68.6 Å². The van der Waals surface area contributed by atoms with Crippen molar-refractivity contribution in [2.45, 2.75) is 12.6 Å². The zero-order valence-corrected chi connectivity index (χ0v) is 21.1. The molecule has 7 nitrogen and oxygen atoms in total. The summed E-state index contributed by atoms with van der Waals surface area (Å²) in [4.78, 5) is 15.6. The SMILES string of the molecule is COc1cccc(-c2nn(Cc3ccccc3)cc2C(=O)NC[C@@H](c2cccc(OC)c2)N(C)C)c1. The number of nitrogens with zero attached hydrogens (tertiary/aromatic N) is 3. The van der Waals surface area contributed by atoms with E-state index in [2.05, 4.69) is 10.2 Å². The molecule has 4 rings (SSSR count). The lowest BCUT2D eigenvalue weighted by molar-refractivity contribution is 0.0942. The third-order valence-corrected chi connectivity index (χ3v) is 6.09. The maximum Gasteiger partial charge on any atom is 0.255 e. The van der Waals surface area contributed by atoms with E-state index in [1.165, 1.54) is 0 Å².